The zero-order valence-electron chi connectivity index (χ0n) is 20.4. The molecule has 0 aromatic heterocycles. The number of halogens is 1. The third kappa shape index (κ3) is 5.24. The maximum atomic E-state index is 13.1. The lowest BCUT2D eigenvalue weighted by Crippen LogP contribution is -2.33. The normalized spacial score (nSPS) is 13.1. The second-order valence-electron chi connectivity index (χ2n) is 8.31. The lowest BCUT2D eigenvalue weighted by atomic mass is 10.1. The van der Waals surface area contributed by atoms with E-state index in [-0.39, 0.29) is 17.3 Å². The summed E-state index contributed by atoms with van der Waals surface area (Å²) in [5.41, 5.74) is 3.77. The molecule has 0 bridgehead atoms. The predicted molar refractivity (Wildman–Crippen MR) is 142 cm³/mol. The second kappa shape index (κ2) is 10.7. The second-order valence-corrected chi connectivity index (χ2v) is 8.69. The van der Waals surface area contributed by atoms with Crippen LogP contribution in [0.1, 0.15) is 38.8 Å². The zero-order valence-corrected chi connectivity index (χ0v) is 21.2. The van der Waals surface area contributed by atoms with Crippen LogP contribution in [0.5, 0.6) is 0 Å². The van der Waals surface area contributed by atoms with E-state index >= 15 is 0 Å². The molecule has 1 heterocycles. The molecule has 188 valence electrons. The van der Waals surface area contributed by atoms with E-state index < -0.39 is 23.7 Å². The number of esters is 1. The molecule has 0 fully saturated rings. The summed E-state index contributed by atoms with van der Waals surface area (Å²) in [4.78, 5) is 51.6. The van der Waals surface area contributed by atoms with Gasteiger partial charge in [0.05, 0.1) is 17.9 Å². The van der Waals surface area contributed by atoms with Gasteiger partial charge in [0.2, 0.25) is 0 Å². The van der Waals surface area contributed by atoms with E-state index in [2.05, 4.69) is 10.6 Å². The minimum Gasteiger partial charge on any atom is -0.462 e. The first kappa shape index (κ1) is 25.7. The van der Waals surface area contributed by atoms with Crippen molar-refractivity contribution < 1.29 is 23.9 Å². The van der Waals surface area contributed by atoms with Crippen molar-refractivity contribution in [3.05, 3.63) is 99.7 Å². The number of rotatable bonds is 7. The van der Waals surface area contributed by atoms with E-state index in [4.69, 9.17) is 16.3 Å². The predicted octanol–water partition coefficient (Wildman–Crippen LogP) is 5.17. The summed E-state index contributed by atoms with van der Waals surface area (Å²) in [6.07, 6.45) is 0. The molecule has 2 N–H and O–H groups in total. The molecule has 3 aromatic rings. The van der Waals surface area contributed by atoms with Gasteiger partial charge in [-0.15, -0.1) is 0 Å². The highest BCUT2D eigenvalue weighted by molar-refractivity contribution is 6.53. The van der Waals surface area contributed by atoms with Gasteiger partial charge >= 0.3 is 5.97 Å². The molecule has 0 radical (unpaired) electrons. The minimum absolute atomic E-state index is 0.0412. The van der Waals surface area contributed by atoms with Gasteiger partial charge in [-0.2, -0.15) is 0 Å². The summed E-state index contributed by atoms with van der Waals surface area (Å²) in [7, 11) is 0. The molecule has 37 heavy (non-hydrogen) atoms. The molecule has 1 aliphatic rings. The Morgan fingerprint density at radius 1 is 0.892 bits per heavy atom. The van der Waals surface area contributed by atoms with Crippen LogP contribution in [0.3, 0.4) is 0 Å². The van der Waals surface area contributed by atoms with Crippen LogP contribution in [0.25, 0.3) is 0 Å². The molecule has 0 atom stereocenters. The third-order valence-corrected chi connectivity index (χ3v) is 6.24. The van der Waals surface area contributed by atoms with E-state index in [1.807, 2.05) is 19.9 Å². The molecule has 8 nitrogen and oxygen atoms in total. The lowest BCUT2D eigenvalue weighted by molar-refractivity contribution is -0.120. The Labute approximate surface area is 218 Å². The van der Waals surface area contributed by atoms with Crippen LogP contribution in [0.2, 0.25) is 0 Å². The average molecular weight is 518 g/mol. The number of carbonyl (C=O) groups is 4. The quantitative estimate of drug-likeness (QED) is 0.331. The third-order valence-electron chi connectivity index (χ3n) is 5.89. The number of aryl methyl sites for hydroxylation is 1. The largest absolute Gasteiger partial charge is 0.462 e. The minimum atomic E-state index is -0.607. The number of imide groups is 1. The van der Waals surface area contributed by atoms with Gasteiger partial charge in [0.25, 0.3) is 17.7 Å². The monoisotopic (exact) mass is 517 g/mol. The highest BCUT2D eigenvalue weighted by Gasteiger charge is 2.39. The van der Waals surface area contributed by atoms with Crippen LogP contribution in [0.15, 0.2) is 77.5 Å². The van der Waals surface area contributed by atoms with Gasteiger partial charge in [-0.05, 0) is 80.4 Å². The van der Waals surface area contributed by atoms with Crippen molar-refractivity contribution in [1.82, 2.24) is 0 Å². The van der Waals surface area contributed by atoms with Gasteiger partial charge in [-0.3, -0.25) is 14.4 Å². The van der Waals surface area contributed by atoms with Crippen LogP contribution in [-0.4, -0.2) is 30.3 Å². The van der Waals surface area contributed by atoms with Gasteiger partial charge in [0, 0.05) is 16.9 Å². The summed E-state index contributed by atoms with van der Waals surface area (Å²) in [5, 5.41) is 5.43. The Hall–Kier alpha value is -4.43. The Bertz CT molecular complexity index is 1450. The van der Waals surface area contributed by atoms with E-state index in [1.165, 1.54) is 6.07 Å². The molecule has 3 amide bonds. The van der Waals surface area contributed by atoms with Crippen molar-refractivity contribution in [3.8, 4) is 0 Å². The molecule has 4 rings (SSSR count). The summed E-state index contributed by atoms with van der Waals surface area (Å²) in [6, 6.07) is 18.1. The molecule has 0 aliphatic carbocycles. The van der Waals surface area contributed by atoms with Crippen molar-refractivity contribution >= 4 is 52.4 Å². The lowest BCUT2D eigenvalue weighted by Gasteiger charge is -2.18. The number of hydrogen-bond acceptors (Lipinski definition) is 6. The Balaban J connectivity index is 1.47. The first-order valence-corrected chi connectivity index (χ1v) is 11.9. The summed E-state index contributed by atoms with van der Waals surface area (Å²) >= 11 is 6.25. The molecule has 0 unspecified atom stereocenters. The van der Waals surface area contributed by atoms with Crippen molar-refractivity contribution in [2.45, 2.75) is 20.8 Å². The van der Waals surface area contributed by atoms with E-state index in [1.54, 1.807) is 61.5 Å². The van der Waals surface area contributed by atoms with E-state index in [0.29, 0.717) is 28.2 Å². The summed E-state index contributed by atoms with van der Waals surface area (Å²) in [5.74, 6) is -2.04. The first-order valence-electron chi connectivity index (χ1n) is 11.5. The molecule has 0 saturated heterocycles. The van der Waals surface area contributed by atoms with Crippen molar-refractivity contribution in [2.75, 3.05) is 22.1 Å². The van der Waals surface area contributed by atoms with Gasteiger partial charge < -0.3 is 15.4 Å². The van der Waals surface area contributed by atoms with E-state index in [9.17, 15) is 19.2 Å². The number of anilines is 3. The van der Waals surface area contributed by atoms with Gasteiger partial charge in [0.15, 0.2) is 0 Å². The van der Waals surface area contributed by atoms with Crippen LogP contribution in [-0.2, 0) is 14.3 Å². The average Bonchev–Trinajstić information content (AvgIpc) is 3.09. The first-order chi connectivity index (χ1) is 17.7. The fraction of sp³-hybridized carbons (Fsp3) is 0.143. The van der Waals surface area contributed by atoms with Crippen molar-refractivity contribution in [1.29, 1.82) is 0 Å². The molecular formula is C28H24ClN3O5. The smallest absolute Gasteiger partial charge is 0.338 e. The number of nitrogens with one attached hydrogen (secondary N) is 2. The molecule has 0 spiro atoms. The molecule has 1 aliphatic heterocycles. The SMILES string of the molecule is CCOC(=O)c1cccc(NC(=O)c2ccc(NC3=C(Cl)C(=O)N(c4cccc(C)c4C)C3=O)cc2)c1. The fourth-order valence-corrected chi connectivity index (χ4v) is 4.01. The van der Waals surface area contributed by atoms with Gasteiger partial charge in [-0.1, -0.05) is 29.8 Å². The van der Waals surface area contributed by atoms with Crippen molar-refractivity contribution in [2.24, 2.45) is 0 Å². The fourth-order valence-electron chi connectivity index (χ4n) is 3.80. The van der Waals surface area contributed by atoms with Crippen molar-refractivity contribution in [3.63, 3.8) is 0 Å². The van der Waals surface area contributed by atoms with Crippen LogP contribution >= 0.6 is 11.6 Å². The number of carbonyl (C=O) groups excluding carboxylic acids is 4. The van der Waals surface area contributed by atoms with E-state index in [0.717, 1.165) is 16.0 Å². The molecule has 3 aromatic carbocycles. The van der Waals surface area contributed by atoms with Crippen LogP contribution < -0.4 is 15.5 Å². The Kier molecular flexibility index (Phi) is 7.40. The summed E-state index contributed by atoms with van der Waals surface area (Å²) < 4.78 is 4.98. The number of nitrogens with zero attached hydrogens (tertiary/aromatic N) is 1. The van der Waals surface area contributed by atoms with Gasteiger partial charge in [-0.25, -0.2) is 9.69 Å². The number of ether oxygens (including phenoxy) is 1. The Morgan fingerprint density at radius 3 is 2.30 bits per heavy atom. The van der Waals surface area contributed by atoms with Crippen LogP contribution in [0, 0.1) is 13.8 Å². The van der Waals surface area contributed by atoms with Gasteiger partial charge in [0.1, 0.15) is 10.7 Å². The summed E-state index contributed by atoms with van der Waals surface area (Å²) in [6.45, 7) is 5.70. The number of hydrogen-bond donors (Lipinski definition) is 2. The highest BCUT2D eigenvalue weighted by Crippen LogP contribution is 2.33. The van der Waals surface area contributed by atoms with Crippen LogP contribution in [0.4, 0.5) is 17.1 Å². The number of amides is 3. The molecule has 0 saturated carbocycles. The standard InChI is InChI=1S/C28H24ClN3O5/c1-4-37-28(36)19-8-6-9-21(15-19)31-25(33)18-11-13-20(14-12-18)30-24-23(29)26(34)32(27(24)35)22-10-5-7-16(2)17(22)3/h5-15,30H,4H2,1-3H3,(H,31,33). The Morgan fingerprint density at radius 2 is 1.59 bits per heavy atom. The molecule has 9 heteroatoms. The maximum absolute atomic E-state index is 13.1. The maximum Gasteiger partial charge on any atom is 0.338 e. The topological polar surface area (TPSA) is 105 Å². The highest BCUT2D eigenvalue weighted by atomic mass is 35.5. The zero-order chi connectivity index (χ0) is 26.7. The number of benzene rings is 3. The molecular weight excluding hydrogens is 494 g/mol.